The molecular formula is C75H108Cl2F10N14O10S. The number of nitrogens with two attached hydrogens (primary N) is 2. The number of aromatic nitrogens is 9. The van der Waals surface area contributed by atoms with E-state index < -0.39 is 100 Å². The number of unbranched alkanes of at least 4 members (excludes halogenated alkanes) is 5. The number of aliphatic hydroxyl groups excluding tert-OH is 6. The molecule has 6 aromatic heterocycles. The van der Waals surface area contributed by atoms with Crippen molar-refractivity contribution in [2.75, 3.05) is 42.5 Å². The van der Waals surface area contributed by atoms with Gasteiger partial charge in [-0.2, -0.15) is 18.7 Å². The second-order valence-electron chi connectivity index (χ2n) is 25.5. The average molecular weight is 1660 g/mol. The van der Waals surface area contributed by atoms with Crippen molar-refractivity contribution >= 4 is 89.7 Å². The SMILES string of the molecule is CCCC[C@@H](C)C(O)C(F)(F)S(=O)(=O)c1ccccc1.CCCC[C@@H](C)C(O)C(F)F.CCCC[C@@H](N)C(O)C(F)F.CCCC[C@@H](Nc1nc(N)nc2cccnc12)C(O)C(F)F.CCCC[C@@H](Nc1nc(NCc2ccc(OC)cc2OC)nc2cccnc12)C(O)C(F)F.CCO.Clc1nc(Cl)c2ncccc2n1. The van der Waals surface area contributed by atoms with Crippen LogP contribution in [0.1, 0.15) is 157 Å². The molecule has 0 aliphatic rings. The van der Waals surface area contributed by atoms with E-state index in [4.69, 9.17) is 59.5 Å². The first-order valence-electron chi connectivity index (χ1n) is 36.6. The first kappa shape index (κ1) is 100. The van der Waals surface area contributed by atoms with Crippen LogP contribution in [0.25, 0.3) is 33.1 Å². The van der Waals surface area contributed by atoms with Gasteiger partial charge in [0.2, 0.25) is 27.0 Å². The van der Waals surface area contributed by atoms with Crippen LogP contribution in [0.3, 0.4) is 0 Å². The Morgan fingerprint density at radius 3 is 1.43 bits per heavy atom. The Morgan fingerprint density at radius 1 is 0.527 bits per heavy atom. The quantitative estimate of drug-likeness (QED) is 0.00987. The van der Waals surface area contributed by atoms with Crippen LogP contribution >= 0.6 is 23.2 Å². The maximum atomic E-state index is 14.1. The van der Waals surface area contributed by atoms with Crippen LogP contribution in [-0.4, -0.2) is 184 Å². The molecule has 0 aliphatic carbocycles. The third-order valence-electron chi connectivity index (χ3n) is 16.7. The van der Waals surface area contributed by atoms with Crippen LogP contribution in [0.15, 0.2) is 108 Å². The van der Waals surface area contributed by atoms with E-state index in [1.165, 1.54) is 25.1 Å². The molecular weight excluding hydrogens is 1550 g/mol. The summed E-state index contributed by atoms with van der Waals surface area (Å²) in [5.41, 5.74) is 14.9. The molecule has 13 N–H and O–H groups in total. The van der Waals surface area contributed by atoms with Crippen LogP contribution in [0.5, 0.6) is 11.5 Å². The molecule has 8 aromatic rings. The third-order valence-corrected chi connectivity index (χ3v) is 19.0. The maximum Gasteiger partial charge on any atom is 0.375 e. The van der Waals surface area contributed by atoms with Gasteiger partial charge in [0.05, 0.1) is 47.7 Å². The standard InChI is InChI=1S/C23H29F2N5O3.C14H19F2N5O.C14H20F2O3S.C8H16F2O.C7H3Cl2N3.C7H15F2NO.C2H6O/c1-4-5-7-17(20(31)21(24)25)28-22-19-16(8-6-11-26-19)29-23(30-22)27-13-14-9-10-15(32-2)12-18(14)33-3;1-2-3-5-9(11(22)12(15)16)19-13-10-8(6-4-7-18-10)20-14(17)21-13;1-3-4-8-11(2)13(17)14(15,16)20(18,19)12-9-6-5-7-10-12;1-3-4-5-6(2)7(11)8(9)10;8-6-5-4(2-1-3-10-5)11-7(9)12-6;1-2-3-4-5(10)6(11)7(8)9;1-2-3/h6,8-12,17,20-21,31H,4-5,7,13H2,1-3H3,(H2,27,28,29,30);4,6-7,9,11-12,22H,2-3,5H2,1H3,(H3,17,19,20,21);5-7,9-11,13,17H,3-4,8H2,1-2H3;6-8,11H,3-5H2,1-2H3;1-3H;5-7,11H,2-4,10H2,1H3;3H,2H2,1H3/t17-,20?;9-,11?;11-,13?;6-,7?;;5-,6?;/m1111.1./s1. The Labute approximate surface area is 657 Å². The van der Waals surface area contributed by atoms with Crippen molar-refractivity contribution in [1.82, 2.24) is 44.9 Å². The van der Waals surface area contributed by atoms with Crippen molar-refractivity contribution in [2.24, 2.45) is 17.6 Å². The van der Waals surface area contributed by atoms with Gasteiger partial charge < -0.3 is 67.5 Å². The lowest BCUT2D eigenvalue weighted by molar-refractivity contribution is -0.0694. The Bertz CT molecular complexity index is 4010. The van der Waals surface area contributed by atoms with E-state index in [0.717, 1.165) is 62.6 Å². The third kappa shape index (κ3) is 33.8. The number of rotatable bonds is 36. The zero-order valence-corrected chi connectivity index (χ0v) is 66.7. The Hall–Kier alpha value is -7.74. The zero-order chi connectivity index (χ0) is 84.3. The number of benzene rings is 2. The van der Waals surface area contributed by atoms with Crippen molar-refractivity contribution < 1.29 is 92.4 Å². The van der Waals surface area contributed by atoms with Crippen LogP contribution < -0.4 is 36.9 Å². The van der Waals surface area contributed by atoms with Gasteiger partial charge in [-0.3, -0.25) is 15.0 Å². The Balaban J connectivity index is 0.000000475. The highest BCUT2D eigenvalue weighted by molar-refractivity contribution is 7.92. The fourth-order valence-electron chi connectivity index (χ4n) is 10.2. The fourth-order valence-corrected chi connectivity index (χ4v) is 12.0. The number of fused-ring (bicyclic) bond motifs is 3. The minimum absolute atomic E-state index is 0.0174. The molecule has 0 bridgehead atoms. The van der Waals surface area contributed by atoms with Crippen molar-refractivity contribution in [3.63, 3.8) is 0 Å². The summed E-state index contributed by atoms with van der Waals surface area (Å²) in [7, 11) is -1.74. The molecule has 5 unspecified atom stereocenters. The molecule has 112 heavy (non-hydrogen) atoms. The first-order valence-corrected chi connectivity index (χ1v) is 38.8. The largest absolute Gasteiger partial charge is 0.497 e. The normalized spacial score (nSPS) is 14.1. The van der Waals surface area contributed by atoms with Crippen molar-refractivity contribution in [1.29, 1.82) is 0 Å². The van der Waals surface area contributed by atoms with Gasteiger partial charge in [-0.05, 0) is 123 Å². The zero-order valence-electron chi connectivity index (χ0n) is 64.4. The van der Waals surface area contributed by atoms with E-state index in [9.17, 15) is 67.6 Å². The topological polar surface area (TPSA) is 378 Å². The minimum Gasteiger partial charge on any atom is -0.497 e. The number of aliphatic hydroxyl groups is 6. The number of pyridine rings is 3. The van der Waals surface area contributed by atoms with E-state index in [1.54, 1.807) is 89.1 Å². The van der Waals surface area contributed by atoms with Gasteiger partial charge in [-0.1, -0.05) is 142 Å². The van der Waals surface area contributed by atoms with E-state index in [0.29, 0.717) is 103 Å². The van der Waals surface area contributed by atoms with Gasteiger partial charge in [-0.25, -0.2) is 63.5 Å². The van der Waals surface area contributed by atoms with Crippen LogP contribution in [0, 0.1) is 11.8 Å². The number of methoxy groups -OCH3 is 2. The highest BCUT2D eigenvalue weighted by Gasteiger charge is 2.54. The molecule has 8 rings (SSSR count). The first-order chi connectivity index (χ1) is 53.1. The summed E-state index contributed by atoms with van der Waals surface area (Å²) < 4.78 is 162. The molecule has 37 heteroatoms. The summed E-state index contributed by atoms with van der Waals surface area (Å²) in [6.07, 6.45) is -4.87. The summed E-state index contributed by atoms with van der Waals surface area (Å²) in [5, 5.41) is 59.9. The number of nitrogens with one attached hydrogen (secondary N) is 3. The second kappa shape index (κ2) is 53.4. The molecule has 0 aliphatic heterocycles. The lowest BCUT2D eigenvalue weighted by Gasteiger charge is -2.27. The number of ether oxygens (including phenoxy) is 2. The number of nitrogen functional groups attached to an aromatic ring is 1. The number of hydrogen-bond donors (Lipinski definition) is 11. The van der Waals surface area contributed by atoms with E-state index in [-0.39, 0.29) is 46.5 Å². The summed E-state index contributed by atoms with van der Waals surface area (Å²) >= 11 is 11.4. The number of sulfone groups is 1. The van der Waals surface area contributed by atoms with Gasteiger partial charge in [0.1, 0.15) is 58.6 Å². The molecule has 0 radical (unpaired) electrons. The number of alkyl halides is 10. The predicted molar refractivity (Wildman–Crippen MR) is 417 cm³/mol. The predicted octanol–water partition coefficient (Wildman–Crippen LogP) is 15.6. The summed E-state index contributed by atoms with van der Waals surface area (Å²) in [4.78, 5) is 36.7. The van der Waals surface area contributed by atoms with Crippen LogP contribution in [0.4, 0.5) is 67.4 Å². The van der Waals surface area contributed by atoms with Gasteiger partial charge in [0.15, 0.2) is 16.8 Å². The number of hydrogen-bond acceptors (Lipinski definition) is 24. The average Bonchev–Trinajstić information content (AvgIpc) is 0.753. The van der Waals surface area contributed by atoms with Crippen LogP contribution in [-0.2, 0) is 16.4 Å². The molecule has 24 nitrogen and oxygen atoms in total. The number of nitrogens with zero attached hydrogens (tertiary/aromatic N) is 9. The Morgan fingerprint density at radius 2 is 0.964 bits per heavy atom. The molecule has 0 amide bonds. The highest BCUT2D eigenvalue weighted by atomic mass is 35.5. The molecule has 0 saturated heterocycles. The minimum atomic E-state index is -4.89. The molecule has 0 saturated carbocycles. The molecule has 0 fully saturated rings. The Kier molecular flexibility index (Phi) is 47.8. The van der Waals surface area contributed by atoms with Crippen molar-refractivity contribution in [2.45, 2.75) is 243 Å². The summed E-state index contributed by atoms with van der Waals surface area (Å²) in [5.74, 6) is 1.08. The lowest BCUT2D eigenvalue weighted by atomic mass is 9.98. The van der Waals surface area contributed by atoms with E-state index in [2.05, 4.69) is 60.8 Å². The summed E-state index contributed by atoms with van der Waals surface area (Å²) in [6, 6.07) is 19.9. The fraction of sp³-hybridized carbons (Fsp3) is 0.560. The lowest BCUT2D eigenvalue weighted by Crippen LogP contribution is -2.45. The molecule has 10 atom stereocenters. The molecule has 2 aromatic carbocycles. The van der Waals surface area contributed by atoms with Gasteiger partial charge in [-0.15, -0.1) is 0 Å². The second-order valence-corrected chi connectivity index (χ2v) is 28.2. The van der Waals surface area contributed by atoms with Gasteiger partial charge in [0, 0.05) is 49.4 Å². The van der Waals surface area contributed by atoms with Crippen molar-refractivity contribution in [3.8, 4) is 11.5 Å². The van der Waals surface area contributed by atoms with Gasteiger partial charge in [0.25, 0.3) is 25.7 Å². The van der Waals surface area contributed by atoms with Crippen LogP contribution in [0.2, 0.25) is 10.4 Å². The maximum absolute atomic E-state index is 14.1. The van der Waals surface area contributed by atoms with E-state index >= 15 is 0 Å². The summed E-state index contributed by atoms with van der Waals surface area (Å²) in [6.45, 7) is 15.1. The smallest absolute Gasteiger partial charge is 0.375 e. The van der Waals surface area contributed by atoms with Crippen molar-refractivity contribution in [3.05, 3.63) is 120 Å². The van der Waals surface area contributed by atoms with E-state index in [1.807, 2.05) is 46.8 Å². The molecule has 0 spiro atoms. The highest BCUT2D eigenvalue weighted by Crippen LogP contribution is 2.37. The number of anilines is 4. The number of halogens is 12. The monoisotopic (exact) mass is 1660 g/mol. The molecule has 6 heterocycles. The van der Waals surface area contributed by atoms with Gasteiger partial charge >= 0.3 is 5.25 Å². The molecule has 628 valence electrons.